The molecule has 2 atom stereocenters. The van der Waals surface area contributed by atoms with Crippen molar-refractivity contribution in [3.05, 3.63) is 29.8 Å². The van der Waals surface area contributed by atoms with Gasteiger partial charge in [0.15, 0.2) is 0 Å². The zero-order chi connectivity index (χ0) is 15.7. The molecule has 2 fully saturated rings. The molecule has 4 heteroatoms. The first kappa shape index (κ1) is 15.4. The van der Waals surface area contributed by atoms with Gasteiger partial charge in [0.1, 0.15) is 11.4 Å². The molecule has 2 heterocycles. The summed E-state index contributed by atoms with van der Waals surface area (Å²) in [5.74, 6) is 1.09. The number of nitrogens with zero attached hydrogens (tertiary/aromatic N) is 1. The van der Waals surface area contributed by atoms with Gasteiger partial charge in [0.2, 0.25) is 0 Å². The second kappa shape index (κ2) is 6.42. The van der Waals surface area contributed by atoms with Crippen LogP contribution in [0.3, 0.4) is 0 Å². The molecule has 0 aromatic heterocycles. The first-order chi connectivity index (χ1) is 11.2. The minimum atomic E-state index is 0.102. The van der Waals surface area contributed by atoms with Crippen molar-refractivity contribution in [3.63, 3.8) is 0 Å². The number of hydrogen-bond donors (Lipinski definition) is 1. The van der Waals surface area contributed by atoms with Crippen molar-refractivity contribution in [2.75, 3.05) is 32.8 Å². The molecule has 1 N–H and O–H groups in total. The molecule has 1 aromatic carbocycles. The van der Waals surface area contributed by atoms with Gasteiger partial charge in [-0.25, -0.2) is 0 Å². The fraction of sp³-hybridized carbons (Fsp3) is 0.684. The third-order valence-electron chi connectivity index (χ3n) is 5.58. The highest BCUT2D eigenvalue weighted by molar-refractivity contribution is 5.39. The molecule has 1 aromatic rings. The number of para-hydroxylation sites is 1. The molecule has 0 bridgehead atoms. The van der Waals surface area contributed by atoms with Gasteiger partial charge in [-0.2, -0.15) is 0 Å². The van der Waals surface area contributed by atoms with E-state index in [1.54, 1.807) is 0 Å². The van der Waals surface area contributed by atoms with Crippen LogP contribution in [-0.4, -0.2) is 49.4 Å². The fourth-order valence-corrected chi connectivity index (χ4v) is 4.21. The summed E-state index contributed by atoms with van der Waals surface area (Å²) in [4.78, 5) is 2.51. The normalized spacial score (nSPS) is 27.8. The standard InChI is InChI=1S/C19H28N2O2/c1-15(14-21-9-11-22-12-10-21)20-17-13-19(7-4-8-19)23-18-6-3-2-5-16(17)18/h2-3,5-6,15,17,20H,4,7-14H2,1H3/t15-,17-/m0/s1. The van der Waals surface area contributed by atoms with E-state index in [1.165, 1.54) is 24.8 Å². The van der Waals surface area contributed by atoms with Crippen LogP contribution in [0.25, 0.3) is 0 Å². The zero-order valence-corrected chi connectivity index (χ0v) is 14.1. The van der Waals surface area contributed by atoms with Gasteiger partial charge in [-0.15, -0.1) is 0 Å². The quantitative estimate of drug-likeness (QED) is 0.926. The Balaban J connectivity index is 1.44. The van der Waals surface area contributed by atoms with E-state index in [-0.39, 0.29) is 5.60 Å². The van der Waals surface area contributed by atoms with Crippen molar-refractivity contribution in [1.82, 2.24) is 10.2 Å². The monoisotopic (exact) mass is 316 g/mol. The lowest BCUT2D eigenvalue weighted by Gasteiger charge is -2.48. The van der Waals surface area contributed by atoms with Gasteiger partial charge in [-0.3, -0.25) is 4.90 Å². The second-order valence-corrected chi connectivity index (χ2v) is 7.41. The van der Waals surface area contributed by atoms with E-state index in [0.717, 1.165) is 45.0 Å². The smallest absolute Gasteiger partial charge is 0.124 e. The van der Waals surface area contributed by atoms with E-state index in [9.17, 15) is 0 Å². The minimum absolute atomic E-state index is 0.102. The van der Waals surface area contributed by atoms with Crippen LogP contribution >= 0.6 is 0 Å². The van der Waals surface area contributed by atoms with Crippen LogP contribution < -0.4 is 10.1 Å². The van der Waals surface area contributed by atoms with Crippen LogP contribution in [0.2, 0.25) is 0 Å². The Kier molecular flexibility index (Phi) is 4.31. The predicted molar refractivity (Wildman–Crippen MR) is 90.9 cm³/mol. The van der Waals surface area contributed by atoms with Crippen LogP contribution in [-0.2, 0) is 4.74 Å². The molecule has 1 aliphatic carbocycles. The second-order valence-electron chi connectivity index (χ2n) is 7.41. The Morgan fingerprint density at radius 1 is 1.26 bits per heavy atom. The molecule has 0 radical (unpaired) electrons. The average molecular weight is 316 g/mol. The maximum absolute atomic E-state index is 6.35. The summed E-state index contributed by atoms with van der Waals surface area (Å²) in [6.07, 6.45) is 4.82. The zero-order valence-electron chi connectivity index (χ0n) is 14.1. The van der Waals surface area contributed by atoms with Gasteiger partial charge in [-0.05, 0) is 32.3 Å². The minimum Gasteiger partial charge on any atom is -0.487 e. The Hall–Kier alpha value is -1.10. The maximum atomic E-state index is 6.35. The highest BCUT2D eigenvalue weighted by Gasteiger charge is 2.45. The van der Waals surface area contributed by atoms with Gasteiger partial charge >= 0.3 is 0 Å². The van der Waals surface area contributed by atoms with Crippen molar-refractivity contribution in [2.45, 2.75) is 50.3 Å². The molecule has 1 spiro atoms. The van der Waals surface area contributed by atoms with Gasteiger partial charge < -0.3 is 14.8 Å². The van der Waals surface area contributed by atoms with Crippen LogP contribution in [0.15, 0.2) is 24.3 Å². The third kappa shape index (κ3) is 3.25. The molecule has 4 nitrogen and oxygen atoms in total. The van der Waals surface area contributed by atoms with Crippen molar-refractivity contribution >= 4 is 0 Å². The van der Waals surface area contributed by atoms with Crippen molar-refractivity contribution in [1.29, 1.82) is 0 Å². The molecular weight excluding hydrogens is 288 g/mol. The van der Waals surface area contributed by atoms with E-state index in [0.29, 0.717) is 12.1 Å². The topological polar surface area (TPSA) is 33.7 Å². The summed E-state index contributed by atoms with van der Waals surface area (Å²) in [5, 5.41) is 3.88. The lowest BCUT2D eigenvalue weighted by Crippen LogP contribution is -2.51. The largest absolute Gasteiger partial charge is 0.487 e. The van der Waals surface area contributed by atoms with Crippen LogP contribution in [0, 0.1) is 0 Å². The first-order valence-electron chi connectivity index (χ1n) is 9.08. The highest BCUT2D eigenvalue weighted by atomic mass is 16.5. The molecule has 4 rings (SSSR count). The highest BCUT2D eigenvalue weighted by Crippen LogP contribution is 2.48. The van der Waals surface area contributed by atoms with E-state index in [1.807, 2.05) is 0 Å². The molecular formula is C19H28N2O2. The summed E-state index contributed by atoms with van der Waals surface area (Å²) < 4.78 is 11.8. The van der Waals surface area contributed by atoms with E-state index >= 15 is 0 Å². The molecule has 2 aliphatic heterocycles. The number of fused-ring (bicyclic) bond motifs is 1. The number of rotatable bonds is 4. The summed E-state index contributed by atoms with van der Waals surface area (Å²) in [7, 11) is 0. The average Bonchev–Trinajstić information content (AvgIpc) is 2.54. The molecule has 0 amide bonds. The Labute approximate surface area is 139 Å². The first-order valence-corrected chi connectivity index (χ1v) is 9.08. The van der Waals surface area contributed by atoms with Gasteiger partial charge in [-0.1, -0.05) is 18.2 Å². The van der Waals surface area contributed by atoms with Crippen LogP contribution in [0.5, 0.6) is 5.75 Å². The Morgan fingerprint density at radius 2 is 2.04 bits per heavy atom. The van der Waals surface area contributed by atoms with Crippen LogP contribution in [0.1, 0.15) is 44.2 Å². The predicted octanol–water partition coefficient (Wildman–Crippen LogP) is 2.74. The van der Waals surface area contributed by atoms with Crippen molar-refractivity contribution in [2.24, 2.45) is 0 Å². The molecule has 0 unspecified atom stereocenters. The Morgan fingerprint density at radius 3 is 2.78 bits per heavy atom. The summed E-state index contributed by atoms with van der Waals surface area (Å²) in [6, 6.07) is 9.46. The van der Waals surface area contributed by atoms with E-state index in [2.05, 4.69) is 41.4 Å². The number of hydrogen-bond acceptors (Lipinski definition) is 4. The third-order valence-corrected chi connectivity index (χ3v) is 5.58. The van der Waals surface area contributed by atoms with Crippen LogP contribution in [0.4, 0.5) is 0 Å². The summed E-state index contributed by atoms with van der Waals surface area (Å²) in [6.45, 7) is 7.25. The number of benzene rings is 1. The number of morpholine rings is 1. The lowest BCUT2D eigenvalue weighted by atomic mass is 9.73. The van der Waals surface area contributed by atoms with E-state index in [4.69, 9.17) is 9.47 Å². The molecule has 23 heavy (non-hydrogen) atoms. The Bertz CT molecular complexity index is 538. The number of ether oxygens (including phenoxy) is 2. The fourth-order valence-electron chi connectivity index (χ4n) is 4.21. The lowest BCUT2D eigenvalue weighted by molar-refractivity contribution is -0.0386. The van der Waals surface area contributed by atoms with E-state index < -0.39 is 0 Å². The molecule has 3 aliphatic rings. The molecule has 126 valence electrons. The van der Waals surface area contributed by atoms with Gasteiger partial charge in [0.05, 0.1) is 13.2 Å². The van der Waals surface area contributed by atoms with Gasteiger partial charge in [0.25, 0.3) is 0 Å². The van der Waals surface area contributed by atoms with Gasteiger partial charge in [0, 0.05) is 43.7 Å². The number of nitrogens with one attached hydrogen (secondary N) is 1. The maximum Gasteiger partial charge on any atom is 0.124 e. The SMILES string of the molecule is C[C@@H](CN1CCOCC1)N[C@H]1CC2(CCC2)Oc2ccccc21. The van der Waals surface area contributed by atoms with Crippen molar-refractivity contribution in [3.8, 4) is 5.75 Å². The summed E-state index contributed by atoms with van der Waals surface area (Å²) in [5.41, 5.74) is 1.43. The molecule has 1 saturated heterocycles. The molecule has 1 saturated carbocycles. The summed E-state index contributed by atoms with van der Waals surface area (Å²) >= 11 is 0. The van der Waals surface area contributed by atoms with Crippen molar-refractivity contribution < 1.29 is 9.47 Å².